The Bertz CT molecular complexity index is 306. The number of rotatable bonds is 2. The van der Waals surface area contributed by atoms with Crippen LogP contribution in [0.4, 0.5) is 4.39 Å². The van der Waals surface area contributed by atoms with Gasteiger partial charge in [0.25, 0.3) is 0 Å². The maximum Gasteiger partial charge on any atom is 0.190 e. The van der Waals surface area contributed by atoms with E-state index in [4.69, 9.17) is 5.26 Å². The van der Waals surface area contributed by atoms with Crippen LogP contribution in [0.25, 0.3) is 0 Å². The van der Waals surface area contributed by atoms with Gasteiger partial charge in [0.15, 0.2) is 6.17 Å². The lowest BCUT2D eigenvalue weighted by Gasteiger charge is -1.99. The third kappa shape index (κ3) is 2.63. The van der Waals surface area contributed by atoms with Crippen molar-refractivity contribution in [3.63, 3.8) is 0 Å². The molecule has 0 heterocycles. The first kappa shape index (κ1) is 9.21. The van der Waals surface area contributed by atoms with E-state index >= 15 is 0 Å². The molecular weight excluding hydrogens is 221 g/mol. The van der Waals surface area contributed by atoms with E-state index in [-0.39, 0.29) is 6.42 Å². The zero-order chi connectivity index (χ0) is 8.97. The fraction of sp³-hybridized carbons (Fsp3) is 0.222. The Labute approximate surface area is 79.0 Å². The highest BCUT2D eigenvalue weighted by atomic mass is 79.9. The van der Waals surface area contributed by atoms with E-state index in [1.807, 2.05) is 18.2 Å². The summed E-state index contributed by atoms with van der Waals surface area (Å²) in [6.45, 7) is 0. The molecule has 0 spiro atoms. The molecule has 0 aliphatic heterocycles. The van der Waals surface area contributed by atoms with Crippen LogP contribution in [0.3, 0.4) is 0 Å². The van der Waals surface area contributed by atoms with Gasteiger partial charge in [-0.05, 0) is 17.7 Å². The van der Waals surface area contributed by atoms with E-state index in [9.17, 15) is 4.39 Å². The van der Waals surface area contributed by atoms with Gasteiger partial charge < -0.3 is 0 Å². The van der Waals surface area contributed by atoms with Crippen LogP contribution in [0.2, 0.25) is 0 Å². The summed E-state index contributed by atoms with van der Waals surface area (Å²) in [6, 6.07) is 8.85. The largest absolute Gasteiger partial charge is 0.231 e. The minimum Gasteiger partial charge on any atom is -0.231 e. The van der Waals surface area contributed by atoms with Crippen molar-refractivity contribution in [3.05, 3.63) is 34.3 Å². The molecule has 1 unspecified atom stereocenters. The van der Waals surface area contributed by atoms with Gasteiger partial charge in [-0.1, -0.05) is 28.1 Å². The second-order valence-electron chi connectivity index (χ2n) is 2.43. The van der Waals surface area contributed by atoms with Crippen molar-refractivity contribution in [1.82, 2.24) is 0 Å². The molecule has 0 N–H and O–H groups in total. The molecule has 0 aliphatic carbocycles. The van der Waals surface area contributed by atoms with Crippen LogP contribution in [0.5, 0.6) is 0 Å². The second kappa shape index (κ2) is 4.22. The number of benzene rings is 1. The lowest BCUT2D eigenvalue weighted by Crippen LogP contribution is -2.00. The van der Waals surface area contributed by atoms with Gasteiger partial charge in [0.05, 0.1) is 0 Å². The number of nitrogens with zero attached hydrogens (tertiary/aromatic N) is 1. The Hall–Kier alpha value is -0.880. The maximum absolute atomic E-state index is 12.6. The summed E-state index contributed by atoms with van der Waals surface area (Å²) < 4.78 is 13.5. The third-order valence-electron chi connectivity index (χ3n) is 1.44. The normalized spacial score (nSPS) is 12.1. The molecule has 0 saturated heterocycles. The number of hydrogen-bond acceptors (Lipinski definition) is 1. The molecule has 0 fully saturated rings. The summed E-state index contributed by atoms with van der Waals surface area (Å²) in [7, 11) is 0. The van der Waals surface area contributed by atoms with Crippen molar-refractivity contribution in [3.8, 4) is 6.07 Å². The fourth-order valence-electron chi connectivity index (χ4n) is 0.917. The minimum atomic E-state index is -1.40. The quantitative estimate of drug-likeness (QED) is 0.763. The average molecular weight is 228 g/mol. The monoisotopic (exact) mass is 227 g/mol. The minimum absolute atomic E-state index is 0.163. The summed E-state index contributed by atoms with van der Waals surface area (Å²) in [4.78, 5) is 0. The van der Waals surface area contributed by atoms with Gasteiger partial charge in [-0.15, -0.1) is 0 Å². The molecule has 1 aromatic carbocycles. The zero-order valence-electron chi connectivity index (χ0n) is 6.30. The molecule has 0 aromatic heterocycles. The molecule has 0 aliphatic rings. The van der Waals surface area contributed by atoms with Gasteiger partial charge in [-0.3, -0.25) is 0 Å². The standard InChI is InChI=1S/C9H7BrFN/c10-8-3-1-2-7(4-8)5-9(11)6-12/h1-4,9H,5H2. The van der Waals surface area contributed by atoms with Crippen molar-refractivity contribution in [1.29, 1.82) is 5.26 Å². The Kier molecular flexibility index (Phi) is 3.24. The first-order valence-corrected chi connectivity index (χ1v) is 4.30. The molecule has 1 atom stereocenters. The van der Waals surface area contributed by atoms with Crippen LogP contribution in [0.15, 0.2) is 28.7 Å². The Morgan fingerprint density at radius 1 is 1.58 bits per heavy atom. The molecule has 0 amide bonds. The van der Waals surface area contributed by atoms with Gasteiger partial charge in [-0.25, -0.2) is 4.39 Å². The Morgan fingerprint density at radius 2 is 2.33 bits per heavy atom. The second-order valence-corrected chi connectivity index (χ2v) is 3.35. The first-order chi connectivity index (χ1) is 5.72. The van der Waals surface area contributed by atoms with Crippen molar-refractivity contribution >= 4 is 15.9 Å². The van der Waals surface area contributed by atoms with Gasteiger partial charge in [0, 0.05) is 10.9 Å². The molecule has 1 rings (SSSR count). The molecular formula is C9H7BrFN. The van der Waals surface area contributed by atoms with Gasteiger partial charge in [0.2, 0.25) is 0 Å². The molecule has 1 aromatic rings. The molecule has 62 valence electrons. The summed E-state index contributed by atoms with van der Waals surface area (Å²) in [6.07, 6.45) is -1.24. The molecule has 12 heavy (non-hydrogen) atoms. The van der Waals surface area contributed by atoms with E-state index in [1.54, 1.807) is 12.1 Å². The highest BCUT2D eigenvalue weighted by Crippen LogP contribution is 2.13. The third-order valence-corrected chi connectivity index (χ3v) is 1.94. The predicted molar refractivity (Wildman–Crippen MR) is 48.4 cm³/mol. The van der Waals surface area contributed by atoms with Crippen LogP contribution in [0, 0.1) is 11.3 Å². The summed E-state index contributed by atoms with van der Waals surface area (Å²) >= 11 is 3.27. The van der Waals surface area contributed by atoms with Crippen LogP contribution < -0.4 is 0 Å². The summed E-state index contributed by atoms with van der Waals surface area (Å²) in [5.41, 5.74) is 0.832. The molecule has 0 saturated carbocycles. The lowest BCUT2D eigenvalue weighted by molar-refractivity contribution is 0.407. The van der Waals surface area contributed by atoms with Crippen LogP contribution in [-0.4, -0.2) is 6.17 Å². The fourth-order valence-corrected chi connectivity index (χ4v) is 1.36. The van der Waals surface area contributed by atoms with Crippen LogP contribution >= 0.6 is 15.9 Å². The first-order valence-electron chi connectivity index (χ1n) is 3.50. The van der Waals surface area contributed by atoms with Crippen molar-refractivity contribution in [2.24, 2.45) is 0 Å². The highest BCUT2D eigenvalue weighted by Gasteiger charge is 2.04. The van der Waals surface area contributed by atoms with E-state index in [2.05, 4.69) is 15.9 Å². The molecule has 0 radical (unpaired) electrons. The Balaban J connectivity index is 2.71. The molecule has 1 nitrogen and oxygen atoms in total. The molecule has 3 heteroatoms. The topological polar surface area (TPSA) is 23.8 Å². The van der Waals surface area contributed by atoms with Crippen molar-refractivity contribution < 1.29 is 4.39 Å². The van der Waals surface area contributed by atoms with Crippen LogP contribution in [-0.2, 0) is 6.42 Å². The number of hydrogen-bond donors (Lipinski definition) is 0. The van der Waals surface area contributed by atoms with Gasteiger partial charge in [-0.2, -0.15) is 5.26 Å². The zero-order valence-corrected chi connectivity index (χ0v) is 7.88. The number of nitriles is 1. The number of halogens is 2. The van der Waals surface area contributed by atoms with E-state index in [0.29, 0.717) is 0 Å². The Morgan fingerprint density at radius 3 is 2.92 bits per heavy atom. The van der Waals surface area contributed by atoms with Crippen LogP contribution in [0.1, 0.15) is 5.56 Å². The summed E-state index contributed by atoms with van der Waals surface area (Å²) in [5.74, 6) is 0. The van der Waals surface area contributed by atoms with E-state index in [1.165, 1.54) is 0 Å². The van der Waals surface area contributed by atoms with E-state index < -0.39 is 6.17 Å². The lowest BCUT2D eigenvalue weighted by atomic mass is 10.1. The predicted octanol–water partition coefficient (Wildman–Crippen LogP) is 2.85. The highest BCUT2D eigenvalue weighted by molar-refractivity contribution is 9.10. The number of alkyl halides is 1. The van der Waals surface area contributed by atoms with Crippen molar-refractivity contribution in [2.45, 2.75) is 12.6 Å². The van der Waals surface area contributed by atoms with Crippen molar-refractivity contribution in [2.75, 3.05) is 0 Å². The SMILES string of the molecule is N#CC(F)Cc1cccc(Br)c1. The summed E-state index contributed by atoms with van der Waals surface area (Å²) in [5, 5.41) is 8.23. The van der Waals surface area contributed by atoms with Gasteiger partial charge in [0.1, 0.15) is 6.07 Å². The smallest absolute Gasteiger partial charge is 0.190 e. The average Bonchev–Trinajstić information content (AvgIpc) is 2.04. The van der Waals surface area contributed by atoms with Gasteiger partial charge >= 0.3 is 0 Å². The maximum atomic E-state index is 12.6. The molecule has 0 bridgehead atoms. The van der Waals surface area contributed by atoms with E-state index in [0.717, 1.165) is 10.0 Å².